The fourth-order valence-corrected chi connectivity index (χ4v) is 2.32. The Labute approximate surface area is 111 Å². The summed E-state index contributed by atoms with van der Waals surface area (Å²) in [6, 6.07) is 5.96. The van der Waals surface area contributed by atoms with Gasteiger partial charge in [0.05, 0.1) is 12.0 Å². The van der Waals surface area contributed by atoms with Gasteiger partial charge < -0.3 is 14.7 Å². The van der Waals surface area contributed by atoms with Gasteiger partial charge in [0, 0.05) is 31.6 Å². The molecule has 0 radical (unpaired) electrons. The summed E-state index contributed by atoms with van der Waals surface area (Å²) >= 11 is 0. The van der Waals surface area contributed by atoms with Crippen molar-refractivity contribution in [2.45, 2.75) is 13.3 Å². The average Bonchev–Trinajstić information content (AvgIpc) is 2.92. The Kier molecular flexibility index (Phi) is 2.83. The lowest BCUT2D eigenvalue weighted by atomic mass is 10.1. The van der Waals surface area contributed by atoms with Crippen molar-refractivity contribution in [1.29, 1.82) is 0 Å². The molecule has 98 valence electrons. The summed E-state index contributed by atoms with van der Waals surface area (Å²) in [6.45, 7) is 2.45. The molecule has 2 heterocycles. The number of aryl methyl sites for hydroxylation is 2. The second kappa shape index (κ2) is 4.51. The number of hydrogen-bond acceptors (Lipinski definition) is 4. The largest absolute Gasteiger partial charge is 0.441 e. The summed E-state index contributed by atoms with van der Waals surface area (Å²) < 4.78 is 7.58. The second-order valence-electron chi connectivity index (χ2n) is 4.60. The molecular weight excluding hydrogens is 240 g/mol. The first-order chi connectivity index (χ1) is 9.19. The Bertz CT molecular complexity index is 726. The monoisotopic (exact) mass is 256 g/mol. The van der Waals surface area contributed by atoms with E-state index in [0.717, 1.165) is 34.5 Å². The summed E-state index contributed by atoms with van der Waals surface area (Å²) in [5, 5.41) is 0. The molecule has 0 saturated carbocycles. The van der Waals surface area contributed by atoms with E-state index in [9.17, 15) is 0 Å². The average molecular weight is 256 g/mol. The van der Waals surface area contributed by atoms with Gasteiger partial charge in [-0.05, 0) is 18.7 Å². The van der Waals surface area contributed by atoms with Crippen LogP contribution in [0.5, 0.6) is 0 Å². The fourth-order valence-electron chi connectivity index (χ4n) is 2.32. The first-order valence-electron chi connectivity index (χ1n) is 6.27. The van der Waals surface area contributed by atoms with Gasteiger partial charge in [0.15, 0.2) is 11.5 Å². The van der Waals surface area contributed by atoms with Crippen LogP contribution in [0.4, 0.5) is 0 Å². The van der Waals surface area contributed by atoms with Crippen LogP contribution in [0.1, 0.15) is 11.6 Å². The normalized spacial score (nSPS) is 11.3. The predicted octanol–water partition coefficient (Wildman–Crippen LogP) is 2.04. The standard InChI is InChI=1S/C14H16N4O/c1-9-17-11-4-3-10(7-13(11)19-9)14-12(5-6-15)18(2)8-16-14/h3-4,7-8H,5-6,15H2,1-2H3. The molecule has 19 heavy (non-hydrogen) atoms. The van der Waals surface area contributed by atoms with Crippen LogP contribution in [-0.4, -0.2) is 21.1 Å². The number of rotatable bonds is 3. The Morgan fingerprint density at radius 2 is 2.21 bits per heavy atom. The molecule has 1 aromatic carbocycles. The number of aromatic nitrogens is 3. The maximum Gasteiger partial charge on any atom is 0.192 e. The molecule has 0 bridgehead atoms. The number of hydrogen-bond donors (Lipinski definition) is 1. The highest BCUT2D eigenvalue weighted by molar-refractivity contribution is 5.79. The van der Waals surface area contributed by atoms with Crippen LogP contribution < -0.4 is 5.73 Å². The van der Waals surface area contributed by atoms with Gasteiger partial charge in [-0.2, -0.15) is 0 Å². The van der Waals surface area contributed by atoms with Crippen molar-refractivity contribution in [2.24, 2.45) is 12.8 Å². The molecule has 0 saturated heterocycles. The van der Waals surface area contributed by atoms with Crippen molar-refractivity contribution >= 4 is 11.1 Å². The highest BCUT2D eigenvalue weighted by Gasteiger charge is 2.12. The van der Waals surface area contributed by atoms with Gasteiger partial charge in [0.25, 0.3) is 0 Å². The third kappa shape index (κ3) is 2.02. The van der Waals surface area contributed by atoms with Gasteiger partial charge >= 0.3 is 0 Å². The summed E-state index contributed by atoms with van der Waals surface area (Å²) in [5.74, 6) is 0.676. The number of nitrogens with two attached hydrogens (primary N) is 1. The van der Waals surface area contributed by atoms with Gasteiger partial charge in [-0.3, -0.25) is 0 Å². The van der Waals surface area contributed by atoms with E-state index in [-0.39, 0.29) is 0 Å². The van der Waals surface area contributed by atoms with Crippen molar-refractivity contribution in [3.05, 3.63) is 36.1 Å². The number of fused-ring (bicyclic) bond motifs is 1. The minimum Gasteiger partial charge on any atom is -0.441 e. The Balaban J connectivity index is 2.13. The Hall–Kier alpha value is -2.14. The highest BCUT2D eigenvalue weighted by Crippen LogP contribution is 2.26. The molecule has 2 aromatic heterocycles. The SMILES string of the molecule is Cc1nc2ccc(-c3ncn(C)c3CCN)cc2o1. The molecule has 5 heteroatoms. The van der Waals surface area contributed by atoms with Crippen LogP contribution in [0.3, 0.4) is 0 Å². The van der Waals surface area contributed by atoms with Gasteiger partial charge in [-0.25, -0.2) is 9.97 Å². The first-order valence-corrected chi connectivity index (χ1v) is 6.27. The minimum atomic E-state index is 0.607. The zero-order chi connectivity index (χ0) is 13.4. The summed E-state index contributed by atoms with van der Waals surface area (Å²) in [6.07, 6.45) is 2.62. The molecule has 0 amide bonds. The van der Waals surface area contributed by atoms with Crippen LogP contribution >= 0.6 is 0 Å². The maximum atomic E-state index is 5.66. The molecule has 0 fully saturated rings. The van der Waals surface area contributed by atoms with E-state index < -0.39 is 0 Å². The maximum absolute atomic E-state index is 5.66. The third-order valence-corrected chi connectivity index (χ3v) is 3.21. The van der Waals surface area contributed by atoms with E-state index >= 15 is 0 Å². The molecule has 0 aliphatic carbocycles. The lowest BCUT2D eigenvalue weighted by molar-refractivity contribution is 0.561. The quantitative estimate of drug-likeness (QED) is 0.778. The molecule has 0 unspecified atom stereocenters. The van der Waals surface area contributed by atoms with Crippen LogP contribution in [0.2, 0.25) is 0 Å². The van der Waals surface area contributed by atoms with E-state index in [4.69, 9.17) is 10.2 Å². The van der Waals surface area contributed by atoms with Gasteiger partial charge in [-0.15, -0.1) is 0 Å². The molecule has 5 nitrogen and oxygen atoms in total. The van der Waals surface area contributed by atoms with Crippen molar-refractivity contribution in [3.63, 3.8) is 0 Å². The van der Waals surface area contributed by atoms with Crippen molar-refractivity contribution in [2.75, 3.05) is 6.54 Å². The molecule has 2 N–H and O–H groups in total. The van der Waals surface area contributed by atoms with Crippen LogP contribution in [-0.2, 0) is 13.5 Å². The fraction of sp³-hybridized carbons (Fsp3) is 0.286. The molecule has 3 rings (SSSR count). The number of nitrogens with zero attached hydrogens (tertiary/aromatic N) is 3. The lowest BCUT2D eigenvalue weighted by Crippen LogP contribution is -2.07. The summed E-state index contributed by atoms with van der Waals surface area (Å²) in [4.78, 5) is 8.76. The van der Waals surface area contributed by atoms with Crippen LogP contribution in [0.25, 0.3) is 22.4 Å². The van der Waals surface area contributed by atoms with Crippen molar-refractivity contribution in [1.82, 2.24) is 14.5 Å². The number of oxazole rings is 1. The van der Waals surface area contributed by atoms with E-state index in [1.807, 2.05) is 43.1 Å². The lowest BCUT2D eigenvalue weighted by Gasteiger charge is -2.04. The third-order valence-electron chi connectivity index (χ3n) is 3.21. The molecule has 0 spiro atoms. The molecular formula is C14H16N4O. The number of imidazole rings is 1. The first kappa shape index (κ1) is 11.9. The topological polar surface area (TPSA) is 69.9 Å². The molecule has 0 aliphatic heterocycles. The second-order valence-corrected chi connectivity index (χ2v) is 4.60. The molecule has 0 atom stereocenters. The van der Waals surface area contributed by atoms with Crippen molar-refractivity contribution < 1.29 is 4.42 Å². The smallest absolute Gasteiger partial charge is 0.192 e. The van der Waals surface area contributed by atoms with Crippen LogP contribution in [0.15, 0.2) is 28.9 Å². The van der Waals surface area contributed by atoms with E-state index in [1.54, 1.807) is 0 Å². The highest BCUT2D eigenvalue weighted by atomic mass is 16.3. The zero-order valence-electron chi connectivity index (χ0n) is 11.1. The van der Waals surface area contributed by atoms with Gasteiger partial charge in [0.2, 0.25) is 0 Å². The number of benzene rings is 1. The van der Waals surface area contributed by atoms with Gasteiger partial charge in [0.1, 0.15) is 5.52 Å². The molecule has 3 aromatic rings. The summed E-state index contributed by atoms with van der Waals surface area (Å²) in [5.41, 5.74) is 10.5. The van der Waals surface area contributed by atoms with E-state index in [1.165, 1.54) is 0 Å². The van der Waals surface area contributed by atoms with Crippen molar-refractivity contribution in [3.8, 4) is 11.3 Å². The van der Waals surface area contributed by atoms with Gasteiger partial charge in [-0.1, -0.05) is 6.07 Å². The van der Waals surface area contributed by atoms with Crippen LogP contribution in [0, 0.1) is 6.92 Å². The Morgan fingerprint density at radius 1 is 1.37 bits per heavy atom. The minimum absolute atomic E-state index is 0.607. The van der Waals surface area contributed by atoms with E-state index in [0.29, 0.717) is 12.4 Å². The predicted molar refractivity (Wildman–Crippen MR) is 73.7 cm³/mol. The zero-order valence-corrected chi connectivity index (χ0v) is 11.1. The summed E-state index contributed by atoms with van der Waals surface area (Å²) in [7, 11) is 1.98. The van der Waals surface area contributed by atoms with E-state index in [2.05, 4.69) is 9.97 Å². The Morgan fingerprint density at radius 3 is 3.00 bits per heavy atom. The molecule has 0 aliphatic rings.